The van der Waals surface area contributed by atoms with E-state index in [1.54, 1.807) is 24.3 Å². The number of halogens is 1. The second-order valence-electron chi connectivity index (χ2n) is 9.64. The van der Waals surface area contributed by atoms with Crippen molar-refractivity contribution in [1.29, 1.82) is 0 Å². The maximum atomic E-state index is 13.1. The van der Waals surface area contributed by atoms with Crippen LogP contribution in [0.4, 0.5) is 5.69 Å². The molecule has 1 amide bonds. The third-order valence-electron chi connectivity index (χ3n) is 7.28. The third-order valence-corrected chi connectivity index (χ3v) is 7.69. The minimum atomic E-state index is -0.338. The number of aryl methyl sites for hydroxylation is 1. The standard InChI is InChI=1S/C29H29ClN2O4/c1-17-9-12-19(15-21(17)30)31-26(35)16-36-20-13-10-18(11-14-20)27-28-22(5-3-7-24(28)33)32(2)23-6-4-8-25(34)29(23)27/h9-15,27H,3-8,16H2,1-2H3,(H,31,35). The van der Waals surface area contributed by atoms with Crippen molar-refractivity contribution in [3.63, 3.8) is 0 Å². The predicted octanol–water partition coefficient (Wildman–Crippen LogP) is 5.71. The summed E-state index contributed by atoms with van der Waals surface area (Å²) in [6.45, 7) is 1.75. The Hall–Kier alpha value is -3.38. The Labute approximate surface area is 216 Å². The van der Waals surface area contributed by atoms with Crippen LogP contribution < -0.4 is 10.1 Å². The molecule has 1 aliphatic heterocycles. The summed E-state index contributed by atoms with van der Waals surface area (Å²) >= 11 is 6.13. The van der Waals surface area contributed by atoms with Crippen LogP contribution in [0, 0.1) is 6.92 Å². The summed E-state index contributed by atoms with van der Waals surface area (Å²) < 4.78 is 5.70. The van der Waals surface area contributed by atoms with E-state index in [4.69, 9.17) is 16.3 Å². The fraction of sp³-hybridized carbons (Fsp3) is 0.345. The van der Waals surface area contributed by atoms with Crippen LogP contribution in [0.15, 0.2) is 65.0 Å². The average molecular weight is 505 g/mol. The Morgan fingerprint density at radius 3 is 2.17 bits per heavy atom. The Bertz CT molecular complexity index is 1270. The molecule has 186 valence electrons. The van der Waals surface area contributed by atoms with Crippen molar-refractivity contribution in [1.82, 2.24) is 4.90 Å². The van der Waals surface area contributed by atoms with Crippen LogP contribution in [-0.4, -0.2) is 36.0 Å². The van der Waals surface area contributed by atoms with Gasteiger partial charge in [-0.25, -0.2) is 0 Å². The van der Waals surface area contributed by atoms with Gasteiger partial charge in [0.05, 0.1) is 0 Å². The number of carbonyl (C=O) groups excluding carboxylic acids is 3. The number of Topliss-reactive ketones (excluding diaryl/α,β-unsaturated/α-hetero) is 2. The molecule has 3 aliphatic rings. The first-order valence-electron chi connectivity index (χ1n) is 12.4. The van der Waals surface area contributed by atoms with Crippen LogP contribution in [0.1, 0.15) is 55.6 Å². The van der Waals surface area contributed by atoms with Crippen molar-refractivity contribution >= 4 is 34.8 Å². The molecular weight excluding hydrogens is 476 g/mol. The smallest absolute Gasteiger partial charge is 0.262 e. The number of ether oxygens (including phenoxy) is 1. The van der Waals surface area contributed by atoms with Gasteiger partial charge in [-0.2, -0.15) is 0 Å². The Morgan fingerprint density at radius 2 is 1.58 bits per heavy atom. The number of benzene rings is 2. The largest absolute Gasteiger partial charge is 0.484 e. The number of anilines is 1. The molecule has 7 heteroatoms. The maximum Gasteiger partial charge on any atom is 0.262 e. The minimum Gasteiger partial charge on any atom is -0.484 e. The van der Waals surface area contributed by atoms with Gasteiger partial charge >= 0.3 is 0 Å². The van der Waals surface area contributed by atoms with Crippen molar-refractivity contribution < 1.29 is 19.1 Å². The molecule has 0 aromatic heterocycles. The van der Waals surface area contributed by atoms with Gasteiger partial charge in [-0.05, 0) is 68.0 Å². The molecule has 0 fully saturated rings. The molecule has 0 radical (unpaired) electrons. The summed E-state index contributed by atoms with van der Waals surface area (Å²) in [5.74, 6) is 0.171. The molecular formula is C29H29ClN2O4. The number of rotatable bonds is 5. The fourth-order valence-corrected chi connectivity index (χ4v) is 5.64. The van der Waals surface area contributed by atoms with Gasteiger partial charge in [0.15, 0.2) is 18.2 Å². The van der Waals surface area contributed by atoms with E-state index in [1.807, 2.05) is 32.2 Å². The fourth-order valence-electron chi connectivity index (χ4n) is 5.46. The number of nitrogens with zero attached hydrogens (tertiary/aromatic N) is 1. The summed E-state index contributed by atoms with van der Waals surface area (Å²) in [6, 6.07) is 12.7. The number of amides is 1. The van der Waals surface area contributed by atoms with Gasteiger partial charge in [0.25, 0.3) is 5.91 Å². The van der Waals surface area contributed by atoms with E-state index in [0.29, 0.717) is 29.3 Å². The Balaban J connectivity index is 1.35. The number of carbonyl (C=O) groups is 3. The van der Waals surface area contributed by atoms with Crippen molar-refractivity contribution in [2.75, 3.05) is 19.0 Å². The molecule has 1 N–H and O–H groups in total. The lowest BCUT2D eigenvalue weighted by molar-refractivity contribution is -0.118. The summed E-state index contributed by atoms with van der Waals surface area (Å²) in [6.07, 6.45) is 4.41. The first-order chi connectivity index (χ1) is 17.3. The zero-order valence-corrected chi connectivity index (χ0v) is 21.3. The van der Waals surface area contributed by atoms with Gasteiger partial charge in [0, 0.05) is 59.1 Å². The van der Waals surface area contributed by atoms with Gasteiger partial charge in [0.2, 0.25) is 0 Å². The molecule has 0 unspecified atom stereocenters. The third kappa shape index (κ3) is 4.58. The predicted molar refractivity (Wildman–Crippen MR) is 139 cm³/mol. The summed E-state index contributed by atoms with van der Waals surface area (Å²) in [5, 5.41) is 3.36. The molecule has 5 rings (SSSR count). The van der Waals surface area contributed by atoms with Gasteiger partial charge in [-0.15, -0.1) is 0 Å². The minimum absolute atomic E-state index is 0.131. The molecule has 0 atom stereocenters. The molecule has 0 saturated carbocycles. The lowest BCUT2D eigenvalue weighted by Crippen LogP contribution is -2.37. The molecule has 0 spiro atoms. The molecule has 2 aromatic carbocycles. The number of hydrogen-bond acceptors (Lipinski definition) is 5. The van der Waals surface area contributed by atoms with E-state index in [0.717, 1.165) is 59.4 Å². The van der Waals surface area contributed by atoms with E-state index in [-0.39, 0.29) is 30.0 Å². The van der Waals surface area contributed by atoms with Crippen molar-refractivity contribution in [3.05, 3.63) is 81.2 Å². The zero-order valence-electron chi connectivity index (χ0n) is 20.5. The van der Waals surface area contributed by atoms with Crippen LogP contribution >= 0.6 is 11.6 Å². The summed E-state index contributed by atoms with van der Waals surface area (Å²) in [5.41, 5.74) is 6.09. The van der Waals surface area contributed by atoms with Crippen LogP contribution in [0.5, 0.6) is 5.75 Å². The normalized spacial score (nSPS) is 18.2. The second kappa shape index (κ2) is 9.94. The van der Waals surface area contributed by atoms with E-state index >= 15 is 0 Å². The monoisotopic (exact) mass is 504 g/mol. The van der Waals surface area contributed by atoms with Gasteiger partial charge < -0.3 is 15.0 Å². The molecule has 0 bridgehead atoms. The Kier molecular flexibility index (Phi) is 6.71. The lowest BCUT2D eigenvalue weighted by atomic mass is 9.71. The number of hydrogen-bond donors (Lipinski definition) is 1. The molecule has 1 heterocycles. The van der Waals surface area contributed by atoms with Crippen molar-refractivity contribution in [3.8, 4) is 5.75 Å². The highest BCUT2D eigenvalue weighted by molar-refractivity contribution is 6.31. The number of ketones is 2. The lowest BCUT2D eigenvalue weighted by Gasteiger charge is -2.42. The SMILES string of the molecule is Cc1ccc(NC(=O)COc2ccc(C3C4=C(CCCC4=O)N(C)C4=C3C(=O)CCC4)cc2)cc1Cl. The van der Waals surface area contributed by atoms with Gasteiger partial charge in [-0.3, -0.25) is 14.4 Å². The summed E-state index contributed by atoms with van der Waals surface area (Å²) in [7, 11) is 1.99. The van der Waals surface area contributed by atoms with Crippen LogP contribution in [0.3, 0.4) is 0 Å². The van der Waals surface area contributed by atoms with E-state index in [9.17, 15) is 14.4 Å². The number of allylic oxidation sites excluding steroid dienone is 4. The average Bonchev–Trinajstić information content (AvgIpc) is 2.87. The Morgan fingerprint density at radius 1 is 0.972 bits per heavy atom. The highest BCUT2D eigenvalue weighted by Crippen LogP contribution is 2.48. The quantitative estimate of drug-likeness (QED) is 0.564. The van der Waals surface area contributed by atoms with Crippen LogP contribution in [0.2, 0.25) is 5.02 Å². The molecule has 0 saturated heterocycles. The highest BCUT2D eigenvalue weighted by Gasteiger charge is 2.42. The van der Waals surface area contributed by atoms with E-state index in [1.165, 1.54) is 0 Å². The van der Waals surface area contributed by atoms with Gasteiger partial charge in [0.1, 0.15) is 5.75 Å². The molecule has 2 aromatic rings. The van der Waals surface area contributed by atoms with Crippen LogP contribution in [-0.2, 0) is 14.4 Å². The molecule has 36 heavy (non-hydrogen) atoms. The van der Waals surface area contributed by atoms with Crippen LogP contribution in [0.25, 0.3) is 0 Å². The molecule has 2 aliphatic carbocycles. The topological polar surface area (TPSA) is 75.7 Å². The molecule has 6 nitrogen and oxygen atoms in total. The van der Waals surface area contributed by atoms with Crippen molar-refractivity contribution in [2.45, 2.75) is 51.4 Å². The van der Waals surface area contributed by atoms with E-state index in [2.05, 4.69) is 10.2 Å². The van der Waals surface area contributed by atoms with Gasteiger partial charge in [-0.1, -0.05) is 29.8 Å². The highest BCUT2D eigenvalue weighted by atomic mass is 35.5. The first-order valence-corrected chi connectivity index (χ1v) is 12.8. The van der Waals surface area contributed by atoms with E-state index < -0.39 is 0 Å². The zero-order chi connectivity index (χ0) is 25.4. The van der Waals surface area contributed by atoms with Crippen molar-refractivity contribution in [2.24, 2.45) is 0 Å². The summed E-state index contributed by atoms with van der Waals surface area (Å²) in [4.78, 5) is 40.6. The number of nitrogens with one attached hydrogen (secondary N) is 1. The second-order valence-corrected chi connectivity index (χ2v) is 10.0. The first kappa shape index (κ1) is 24.3. The maximum absolute atomic E-state index is 13.1.